The predicted molar refractivity (Wildman–Crippen MR) is 113 cm³/mol. The molecule has 1 amide bonds. The summed E-state index contributed by atoms with van der Waals surface area (Å²) >= 11 is 0. The zero-order valence-electron chi connectivity index (χ0n) is 16.3. The third-order valence-corrected chi connectivity index (χ3v) is 6.16. The number of ether oxygens (including phenoxy) is 1. The quantitative estimate of drug-likeness (QED) is 0.682. The van der Waals surface area contributed by atoms with Crippen LogP contribution in [0.1, 0.15) is 42.0 Å². The molecule has 2 aliphatic rings. The Labute approximate surface area is 165 Å². The van der Waals surface area contributed by atoms with Crippen molar-refractivity contribution in [1.82, 2.24) is 0 Å². The highest BCUT2D eigenvalue weighted by molar-refractivity contribution is 6.06. The largest absolute Gasteiger partial charge is 0.481 e. The van der Waals surface area contributed by atoms with E-state index in [0.717, 1.165) is 42.5 Å². The molecule has 1 atom stereocenters. The number of amides is 1. The van der Waals surface area contributed by atoms with Crippen LogP contribution in [-0.2, 0) is 30.5 Å². The summed E-state index contributed by atoms with van der Waals surface area (Å²) in [6.07, 6.45) is 6.19. The number of hydrogen-bond acceptors (Lipinski definition) is 2. The van der Waals surface area contributed by atoms with E-state index in [4.69, 9.17) is 4.74 Å². The van der Waals surface area contributed by atoms with Crippen molar-refractivity contribution in [1.29, 1.82) is 0 Å². The Balaban J connectivity index is 1.38. The molecule has 0 radical (unpaired) electrons. The van der Waals surface area contributed by atoms with Gasteiger partial charge in [-0.15, -0.1) is 0 Å². The van der Waals surface area contributed by atoms with Crippen molar-refractivity contribution >= 4 is 22.4 Å². The van der Waals surface area contributed by atoms with Gasteiger partial charge in [-0.25, -0.2) is 0 Å². The SMILES string of the molecule is C[C@H](Oc1cccc2c1CCCC2)C(=O)Nc1ccc2c3c(cccc13)CC2. The van der Waals surface area contributed by atoms with Gasteiger partial charge in [-0.3, -0.25) is 4.79 Å². The fraction of sp³-hybridized carbons (Fsp3) is 0.320. The van der Waals surface area contributed by atoms with Gasteiger partial charge in [0.25, 0.3) is 5.91 Å². The molecule has 0 saturated heterocycles. The van der Waals surface area contributed by atoms with Crippen LogP contribution in [0.15, 0.2) is 48.5 Å². The van der Waals surface area contributed by atoms with E-state index >= 15 is 0 Å². The van der Waals surface area contributed by atoms with Crippen LogP contribution in [0.25, 0.3) is 10.8 Å². The number of hydrogen-bond donors (Lipinski definition) is 1. The minimum absolute atomic E-state index is 0.105. The topological polar surface area (TPSA) is 38.3 Å². The average molecular weight is 371 g/mol. The molecular formula is C25H25NO2. The Morgan fingerprint density at radius 3 is 2.54 bits per heavy atom. The minimum Gasteiger partial charge on any atom is -0.481 e. The normalized spacial score (nSPS) is 15.9. The highest BCUT2D eigenvalue weighted by Crippen LogP contribution is 2.35. The summed E-state index contributed by atoms with van der Waals surface area (Å²) in [5.74, 6) is 0.757. The van der Waals surface area contributed by atoms with Gasteiger partial charge in [-0.2, -0.15) is 0 Å². The van der Waals surface area contributed by atoms with Crippen LogP contribution < -0.4 is 10.1 Å². The predicted octanol–water partition coefficient (Wildman–Crippen LogP) is 5.22. The maximum atomic E-state index is 12.9. The number of carbonyl (C=O) groups excluding carboxylic acids is 1. The van der Waals surface area contributed by atoms with Crippen LogP contribution in [-0.4, -0.2) is 12.0 Å². The first-order valence-electron chi connectivity index (χ1n) is 10.3. The summed E-state index contributed by atoms with van der Waals surface area (Å²) in [4.78, 5) is 12.9. The van der Waals surface area contributed by atoms with E-state index < -0.39 is 6.10 Å². The first-order valence-corrected chi connectivity index (χ1v) is 10.3. The average Bonchev–Trinajstić information content (AvgIpc) is 3.15. The molecule has 142 valence electrons. The lowest BCUT2D eigenvalue weighted by Gasteiger charge is -2.22. The van der Waals surface area contributed by atoms with Gasteiger partial charge in [0.05, 0.1) is 0 Å². The van der Waals surface area contributed by atoms with E-state index in [0.29, 0.717) is 0 Å². The highest BCUT2D eigenvalue weighted by Gasteiger charge is 2.21. The van der Waals surface area contributed by atoms with Gasteiger partial charge >= 0.3 is 0 Å². The summed E-state index contributed by atoms with van der Waals surface area (Å²) < 4.78 is 6.11. The molecule has 0 bridgehead atoms. The van der Waals surface area contributed by atoms with Crippen LogP contribution in [0, 0.1) is 0 Å². The molecule has 0 aliphatic heterocycles. The number of aryl methyl sites for hydroxylation is 3. The number of fused-ring (bicyclic) bond motifs is 1. The first-order chi connectivity index (χ1) is 13.7. The third kappa shape index (κ3) is 2.95. The lowest BCUT2D eigenvalue weighted by molar-refractivity contribution is -0.122. The molecule has 1 N–H and O–H groups in total. The summed E-state index contributed by atoms with van der Waals surface area (Å²) in [5, 5.41) is 5.54. The van der Waals surface area contributed by atoms with E-state index in [2.05, 4.69) is 35.6 Å². The van der Waals surface area contributed by atoms with E-state index in [-0.39, 0.29) is 5.91 Å². The first kappa shape index (κ1) is 17.3. The molecule has 3 heteroatoms. The van der Waals surface area contributed by atoms with Gasteiger partial charge in [-0.05, 0) is 85.2 Å². The Bertz CT molecular complexity index is 1060. The van der Waals surface area contributed by atoms with Crippen LogP contribution in [0.3, 0.4) is 0 Å². The molecule has 0 heterocycles. The molecule has 28 heavy (non-hydrogen) atoms. The summed E-state index contributed by atoms with van der Waals surface area (Å²) in [6, 6.07) is 16.8. The smallest absolute Gasteiger partial charge is 0.265 e. The van der Waals surface area contributed by atoms with Crippen molar-refractivity contribution in [3.05, 3.63) is 70.8 Å². The standard InChI is InChI=1S/C25H25NO2/c1-16(28-23-11-5-7-17-6-2-3-9-20(17)23)25(27)26-22-15-14-19-13-12-18-8-4-10-21(22)24(18)19/h4-5,7-8,10-11,14-16H,2-3,6,9,12-13H2,1H3,(H,26,27)/t16-/m0/s1. The van der Waals surface area contributed by atoms with Gasteiger partial charge in [0.1, 0.15) is 5.75 Å². The molecule has 0 saturated carbocycles. The van der Waals surface area contributed by atoms with Crippen molar-refractivity contribution in [3.8, 4) is 5.75 Å². The molecule has 3 nitrogen and oxygen atoms in total. The molecule has 0 fully saturated rings. The molecule has 3 aromatic rings. The van der Waals surface area contributed by atoms with Crippen molar-refractivity contribution in [3.63, 3.8) is 0 Å². The van der Waals surface area contributed by atoms with Crippen LogP contribution in [0.4, 0.5) is 5.69 Å². The fourth-order valence-electron chi connectivity index (χ4n) is 4.69. The lowest BCUT2D eigenvalue weighted by atomic mass is 9.91. The second-order valence-corrected chi connectivity index (χ2v) is 7.96. The Morgan fingerprint density at radius 1 is 0.893 bits per heavy atom. The van der Waals surface area contributed by atoms with Gasteiger partial charge in [0, 0.05) is 11.1 Å². The number of carbonyl (C=O) groups is 1. The molecule has 3 aromatic carbocycles. The molecule has 5 rings (SSSR count). The Hall–Kier alpha value is -2.81. The number of nitrogens with one attached hydrogen (secondary N) is 1. The molecule has 0 spiro atoms. The molecular weight excluding hydrogens is 346 g/mol. The maximum absolute atomic E-state index is 12.9. The van der Waals surface area contributed by atoms with E-state index in [9.17, 15) is 4.79 Å². The van der Waals surface area contributed by atoms with Crippen molar-refractivity contribution in [2.24, 2.45) is 0 Å². The van der Waals surface area contributed by atoms with E-state index in [1.807, 2.05) is 25.1 Å². The van der Waals surface area contributed by atoms with Crippen LogP contribution >= 0.6 is 0 Å². The van der Waals surface area contributed by atoms with Crippen molar-refractivity contribution in [2.45, 2.75) is 51.6 Å². The van der Waals surface area contributed by atoms with E-state index in [1.165, 1.54) is 40.5 Å². The van der Waals surface area contributed by atoms with Gasteiger partial charge in [0.2, 0.25) is 0 Å². The van der Waals surface area contributed by atoms with Crippen molar-refractivity contribution < 1.29 is 9.53 Å². The monoisotopic (exact) mass is 371 g/mol. The number of benzene rings is 3. The lowest BCUT2D eigenvalue weighted by Crippen LogP contribution is -2.30. The van der Waals surface area contributed by atoms with Gasteiger partial charge in [-0.1, -0.05) is 36.4 Å². The number of rotatable bonds is 4. The second-order valence-electron chi connectivity index (χ2n) is 7.96. The van der Waals surface area contributed by atoms with E-state index in [1.54, 1.807) is 0 Å². The van der Waals surface area contributed by atoms with Crippen molar-refractivity contribution in [2.75, 3.05) is 5.32 Å². The van der Waals surface area contributed by atoms with Gasteiger partial charge in [0.15, 0.2) is 6.10 Å². The molecule has 2 aliphatic carbocycles. The fourth-order valence-corrected chi connectivity index (χ4v) is 4.69. The molecule has 0 aromatic heterocycles. The summed E-state index contributed by atoms with van der Waals surface area (Å²) in [5.41, 5.74) is 6.27. The Morgan fingerprint density at radius 2 is 1.64 bits per heavy atom. The van der Waals surface area contributed by atoms with Crippen LogP contribution in [0.5, 0.6) is 5.75 Å². The zero-order chi connectivity index (χ0) is 19.1. The number of anilines is 1. The highest BCUT2D eigenvalue weighted by atomic mass is 16.5. The third-order valence-electron chi connectivity index (χ3n) is 6.16. The summed E-state index contributed by atoms with van der Waals surface area (Å²) in [6.45, 7) is 1.83. The molecule has 0 unspecified atom stereocenters. The second kappa shape index (κ2) is 6.97. The zero-order valence-corrected chi connectivity index (χ0v) is 16.3. The maximum Gasteiger partial charge on any atom is 0.265 e. The van der Waals surface area contributed by atoms with Crippen LogP contribution in [0.2, 0.25) is 0 Å². The minimum atomic E-state index is -0.545. The van der Waals surface area contributed by atoms with Gasteiger partial charge < -0.3 is 10.1 Å². The summed E-state index contributed by atoms with van der Waals surface area (Å²) in [7, 11) is 0. The Kier molecular flexibility index (Phi) is 4.31.